The summed E-state index contributed by atoms with van der Waals surface area (Å²) in [4.78, 5) is 13.5. The van der Waals surface area contributed by atoms with Crippen molar-refractivity contribution in [1.29, 1.82) is 0 Å². The minimum absolute atomic E-state index is 0.302. The van der Waals surface area contributed by atoms with Crippen LogP contribution in [-0.4, -0.2) is 35.9 Å². The maximum absolute atomic E-state index is 12.4. The predicted molar refractivity (Wildman–Crippen MR) is 113 cm³/mol. The molecule has 0 aliphatic carbocycles. The van der Waals surface area contributed by atoms with Gasteiger partial charge < -0.3 is 10.1 Å². The van der Waals surface area contributed by atoms with Crippen molar-refractivity contribution in [3.63, 3.8) is 0 Å². The lowest BCUT2D eigenvalue weighted by atomic mass is 9.92. The molecule has 146 valence electrons. The highest BCUT2D eigenvalue weighted by Gasteiger charge is 2.22. The first-order valence-corrected chi connectivity index (χ1v) is 10.8. The van der Waals surface area contributed by atoms with E-state index in [1.807, 2.05) is 24.3 Å². The summed E-state index contributed by atoms with van der Waals surface area (Å²) >= 11 is 7.58. The third kappa shape index (κ3) is 4.04. The van der Waals surface area contributed by atoms with Crippen LogP contribution in [0.4, 0.5) is 0 Å². The lowest BCUT2D eigenvalue weighted by Gasteiger charge is -2.22. The summed E-state index contributed by atoms with van der Waals surface area (Å²) in [6, 6.07) is 9.85. The number of piperidine rings is 1. The number of carbonyl (C=O) groups is 1. The van der Waals surface area contributed by atoms with Crippen molar-refractivity contribution in [2.45, 2.75) is 26.2 Å². The minimum atomic E-state index is -0.419. The van der Waals surface area contributed by atoms with Crippen molar-refractivity contribution in [2.24, 2.45) is 5.92 Å². The number of hydrogen-bond acceptors (Lipinski definition) is 6. The number of ether oxygens (including phenoxy) is 1. The number of fused-ring (bicyclic) bond motifs is 1. The number of halogens is 1. The van der Waals surface area contributed by atoms with Gasteiger partial charge in [0.25, 0.3) is 0 Å². The number of nitrogens with one attached hydrogen (secondary N) is 1. The molecular formula is C21H22ClN3O2S. The Morgan fingerprint density at radius 3 is 2.71 bits per heavy atom. The normalized spacial score (nSPS) is 15.1. The van der Waals surface area contributed by atoms with Gasteiger partial charge in [-0.2, -0.15) is 5.10 Å². The van der Waals surface area contributed by atoms with E-state index < -0.39 is 5.97 Å². The molecule has 2 aromatic heterocycles. The molecule has 1 aliphatic heterocycles. The van der Waals surface area contributed by atoms with Crippen LogP contribution in [0.15, 0.2) is 30.3 Å². The summed E-state index contributed by atoms with van der Waals surface area (Å²) in [6.07, 6.45) is 3.15. The number of thiophene rings is 1. The largest absolute Gasteiger partial charge is 0.461 e. The van der Waals surface area contributed by atoms with E-state index in [2.05, 4.69) is 21.6 Å². The SMILES string of the molecule is CCOC(=O)c1nnc(CC2CCNCC2)c2cc(-c3ccc(Cl)cc3)sc12. The molecule has 0 bridgehead atoms. The van der Waals surface area contributed by atoms with E-state index in [4.69, 9.17) is 16.3 Å². The molecule has 1 aliphatic rings. The van der Waals surface area contributed by atoms with Crippen LogP contribution < -0.4 is 5.32 Å². The molecule has 7 heteroatoms. The molecule has 0 saturated carbocycles. The Labute approximate surface area is 173 Å². The standard InChI is InChI=1S/C21H22ClN3O2S/c1-2-27-21(26)19-20-16(12-18(28-20)14-3-5-15(22)6-4-14)17(24-25-19)11-13-7-9-23-10-8-13/h3-6,12-13,23H,2,7-11H2,1H3. The van der Waals surface area contributed by atoms with E-state index in [1.165, 1.54) is 0 Å². The molecule has 0 atom stereocenters. The molecular weight excluding hydrogens is 394 g/mol. The lowest BCUT2D eigenvalue weighted by molar-refractivity contribution is 0.0521. The van der Waals surface area contributed by atoms with Crippen molar-refractivity contribution in [1.82, 2.24) is 15.5 Å². The number of nitrogens with zero attached hydrogens (tertiary/aromatic N) is 2. The van der Waals surface area contributed by atoms with E-state index >= 15 is 0 Å². The first kappa shape index (κ1) is 19.3. The van der Waals surface area contributed by atoms with Crippen LogP contribution in [0.5, 0.6) is 0 Å². The maximum atomic E-state index is 12.4. The fraction of sp³-hybridized carbons (Fsp3) is 0.381. The molecule has 4 rings (SSSR count). The molecule has 28 heavy (non-hydrogen) atoms. The highest BCUT2D eigenvalue weighted by molar-refractivity contribution is 7.22. The number of rotatable bonds is 5. The van der Waals surface area contributed by atoms with Gasteiger partial charge in [-0.1, -0.05) is 23.7 Å². The van der Waals surface area contributed by atoms with E-state index in [0.29, 0.717) is 23.2 Å². The molecule has 3 heterocycles. The molecule has 0 amide bonds. The van der Waals surface area contributed by atoms with Gasteiger partial charge in [-0.15, -0.1) is 16.4 Å². The van der Waals surface area contributed by atoms with Crippen molar-refractivity contribution >= 4 is 39.0 Å². The first-order valence-electron chi connectivity index (χ1n) is 9.58. The van der Waals surface area contributed by atoms with Gasteiger partial charge in [-0.05, 0) is 69.0 Å². The quantitative estimate of drug-likeness (QED) is 0.610. The van der Waals surface area contributed by atoms with E-state index in [0.717, 1.165) is 58.6 Å². The number of aromatic nitrogens is 2. The van der Waals surface area contributed by atoms with Gasteiger partial charge in [0, 0.05) is 15.3 Å². The zero-order chi connectivity index (χ0) is 19.5. The number of hydrogen-bond donors (Lipinski definition) is 1. The average Bonchev–Trinajstić information content (AvgIpc) is 3.15. The third-order valence-corrected chi connectivity index (χ3v) is 6.51. The van der Waals surface area contributed by atoms with E-state index in [9.17, 15) is 4.79 Å². The van der Waals surface area contributed by atoms with Gasteiger partial charge in [0.2, 0.25) is 0 Å². The molecule has 0 spiro atoms. The van der Waals surface area contributed by atoms with Crippen molar-refractivity contribution < 1.29 is 9.53 Å². The smallest absolute Gasteiger partial charge is 0.360 e. The van der Waals surface area contributed by atoms with Gasteiger partial charge >= 0.3 is 5.97 Å². The fourth-order valence-corrected chi connectivity index (χ4v) is 4.87. The summed E-state index contributed by atoms with van der Waals surface area (Å²) < 4.78 is 6.05. The van der Waals surface area contributed by atoms with Crippen LogP contribution in [-0.2, 0) is 11.2 Å². The van der Waals surface area contributed by atoms with Crippen LogP contribution in [0.2, 0.25) is 5.02 Å². The van der Waals surface area contributed by atoms with Gasteiger partial charge in [0.05, 0.1) is 17.0 Å². The second-order valence-electron chi connectivity index (χ2n) is 6.97. The Hall–Kier alpha value is -2.02. The summed E-state index contributed by atoms with van der Waals surface area (Å²) in [5, 5.41) is 13.8. The highest BCUT2D eigenvalue weighted by atomic mass is 35.5. The van der Waals surface area contributed by atoms with E-state index in [1.54, 1.807) is 18.3 Å². The molecule has 0 unspecified atom stereocenters. The van der Waals surface area contributed by atoms with Gasteiger partial charge in [0.1, 0.15) is 0 Å². The highest BCUT2D eigenvalue weighted by Crippen LogP contribution is 2.37. The predicted octanol–water partition coefficient (Wildman–Crippen LogP) is 4.73. The molecule has 1 aromatic carbocycles. The molecule has 1 saturated heterocycles. The number of benzene rings is 1. The molecule has 5 nitrogen and oxygen atoms in total. The van der Waals surface area contributed by atoms with Crippen molar-refractivity contribution in [3.8, 4) is 10.4 Å². The molecule has 0 radical (unpaired) electrons. The third-order valence-electron chi connectivity index (χ3n) is 5.07. The Morgan fingerprint density at radius 1 is 1.25 bits per heavy atom. The van der Waals surface area contributed by atoms with Crippen molar-refractivity contribution in [3.05, 3.63) is 46.7 Å². The van der Waals surface area contributed by atoms with Crippen LogP contribution in [0.25, 0.3) is 20.5 Å². The second kappa shape index (κ2) is 8.55. The fourth-order valence-electron chi connectivity index (χ4n) is 3.59. The molecule has 1 N–H and O–H groups in total. The zero-order valence-electron chi connectivity index (χ0n) is 15.7. The van der Waals surface area contributed by atoms with Gasteiger partial charge in [0.15, 0.2) is 5.69 Å². The maximum Gasteiger partial charge on any atom is 0.360 e. The monoisotopic (exact) mass is 415 g/mol. The minimum Gasteiger partial charge on any atom is -0.461 e. The van der Waals surface area contributed by atoms with Crippen molar-refractivity contribution in [2.75, 3.05) is 19.7 Å². The summed E-state index contributed by atoms with van der Waals surface area (Å²) in [5.41, 5.74) is 2.33. The number of esters is 1. The van der Waals surface area contributed by atoms with Crippen LogP contribution >= 0.6 is 22.9 Å². The summed E-state index contributed by atoms with van der Waals surface area (Å²) in [5.74, 6) is 0.170. The number of carbonyl (C=O) groups excluding carboxylic acids is 1. The Balaban J connectivity index is 1.78. The Morgan fingerprint density at radius 2 is 2.00 bits per heavy atom. The summed E-state index contributed by atoms with van der Waals surface area (Å²) in [6.45, 7) is 4.19. The molecule has 1 fully saturated rings. The molecule has 3 aromatic rings. The van der Waals surface area contributed by atoms with E-state index in [-0.39, 0.29) is 0 Å². The zero-order valence-corrected chi connectivity index (χ0v) is 17.3. The average molecular weight is 416 g/mol. The lowest BCUT2D eigenvalue weighted by Crippen LogP contribution is -2.29. The second-order valence-corrected chi connectivity index (χ2v) is 8.46. The Kier molecular flexibility index (Phi) is 5.90. The van der Waals surface area contributed by atoms with Crippen LogP contribution in [0, 0.1) is 5.92 Å². The van der Waals surface area contributed by atoms with Crippen LogP contribution in [0.1, 0.15) is 35.9 Å². The topological polar surface area (TPSA) is 64.1 Å². The first-order chi connectivity index (χ1) is 13.7. The van der Waals surface area contributed by atoms with Gasteiger partial charge in [-0.3, -0.25) is 0 Å². The summed E-state index contributed by atoms with van der Waals surface area (Å²) in [7, 11) is 0. The Bertz CT molecular complexity index is 981. The van der Waals surface area contributed by atoms with Gasteiger partial charge in [-0.25, -0.2) is 4.79 Å². The van der Waals surface area contributed by atoms with Crippen LogP contribution in [0.3, 0.4) is 0 Å².